The van der Waals surface area contributed by atoms with E-state index in [1.165, 1.54) is 0 Å². The maximum atomic E-state index is 9.00. The third-order valence-electron chi connectivity index (χ3n) is 0.202. The van der Waals surface area contributed by atoms with Crippen molar-refractivity contribution in [3.05, 3.63) is 0 Å². The Labute approximate surface area is 71.1 Å². The number of hydrogen-bond acceptors (Lipinski definition) is 4. The van der Waals surface area contributed by atoms with E-state index in [2.05, 4.69) is 0 Å². The van der Waals surface area contributed by atoms with Crippen LogP contribution in [-0.4, -0.2) is 34.7 Å². The molecule has 0 atom stereocenters. The zero-order valence-corrected chi connectivity index (χ0v) is 5.99. The van der Waals surface area contributed by atoms with Crippen molar-refractivity contribution in [1.82, 2.24) is 0 Å². The molecule has 0 spiro atoms. The molecule has 0 unspecified atom stereocenters. The molecule has 2 N–H and O–H groups in total. The van der Waals surface area contributed by atoms with Gasteiger partial charge >= 0.3 is 11.9 Å². The molecule has 11 heavy (non-hydrogen) atoms. The van der Waals surface area contributed by atoms with E-state index < -0.39 is 11.9 Å². The van der Waals surface area contributed by atoms with E-state index in [0.717, 1.165) is 0 Å². The first-order chi connectivity index (χ1) is 4.54. The van der Waals surface area contributed by atoms with Gasteiger partial charge in [0.1, 0.15) is 0 Å². The number of hydrogen-bond donors (Lipinski definition) is 2. The molecule has 6 nitrogen and oxygen atoms in total. The molecule has 66 valence electrons. The summed E-state index contributed by atoms with van der Waals surface area (Å²) < 4.78 is 0. The van der Waals surface area contributed by atoms with Gasteiger partial charge < -0.3 is 10.2 Å². The van der Waals surface area contributed by atoms with Crippen LogP contribution >= 0.6 is 0 Å². The van der Waals surface area contributed by atoms with E-state index in [0.29, 0.717) is 0 Å². The fraction of sp³-hybridized carbons (Fsp3) is 0. The van der Waals surface area contributed by atoms with Crippen molar-refractivity contribution in [2.45, 2.75) is 0 Å². The quantitative estimate of drug-likeness (QED) is 0.325. The van der Waals surface area contributed by atoms with Gasteiger partial charge in [0, 0.05) is 16.5 Å². The molecule has 0 aromatic heterocycles. The predicted octanol–water partition coefficient (Wildman–Crippen LogP) is -1.46. The summed E-state index contributed by atoms with van der Waals surface area (Å²) in [6, 6.07) is 0. The van der Waals surface area contributed by atoms with Crippen molar-refractivity contribution in [2.24, 2.45) is 0 Å². The van der Waals surface area contributed by atoms with Crippen LogP contribution in [0.3, 0.4) is 0 Å². The molecular weight excluding hydrogens is 203 g/mol. The predicted molar refractivity (Wildman–Crippen MR) is 27.4 cm³/mol. The molecule has 0 radical (unpaired) electrons. The number of carboxylic acids is 2. The molecule has 0 saturated carbocycles. The summed E-state index contributed by atoms with van der Waals surface area (Å²) in [5, 5.41) is 14.7. The Morgan fingerprint density at radius 1 is 0.909 bits per heavy atom. The number of aliphatic carboxylic acids is 2. The normalized spacial score (nSPS) is 5.82. The molecule has 0 amide bonds. The first kappa shape index (κ1) is 16.4. The van der Waals surface area contributed by atoms with Crippen LogP contribution in [-0.2, 0) is 35.7 Å². The van der Waals surface area contributed by atoms with Crippen molar-refractivity contribution in [2.75, 3.05) is 0 Å². The Kier molecular flexibility index (Phi) is 17.2. The van der Waals surface area contributed by atoms with Gasteiger partial charge in [-0.25, -0.2) is 9.59 Å². The summed E-state index contributed by atoms with van der Waals surface area (Å²) in [6.07, 6.45) is -0.333. The van der Waals surface area contributed by atoms with Gasteiger partial charge in [0.25, 0.3) is 0 Å². The molecule has 0 rings (SSSR count). The van der Waals surface area contributed by atoms with Crippen LogP contribution in [0.15, 0.2) is 0 Å². The maximum absolute atomic E-state index is 9.00. The molecule has 0 aliphatic carbocycles. The molecule has 0 aliphatic heterocycles. The Balaban J connectivity index is -0.000000107. The van der Waals surface area contributed by atoms with Gasteiger partial charge in [-0.1, -0.05) is 0 Å². The van der Waals surface area contributed by atoms with Crippen LogP contribution < -0.4 is 0 Å². The van der Waals surface area contributed by atoms with Gasteiger partial charge in [0.05, 0.1) is 0 Å². The Hall–Kier alpha value is -1.23. The SMILES string of the molecule is O=CC(=O)O.O=CC(=O)O.[Ni]. The number of carbonyl (C=O) groups is 4. The third kappa shape index (κ3) is 52.3. The summed E-state index contributed by atoms with van der Waals surface area (Å²) in [5.74, 6) is -2.85. The summed E-state index contributed by atoms with van der Waals surface area (Å²) in [6.45, 7) is 0. The van der Waals surface area contributed by atoms with Crippen molar-refractivity contribution in [3.8, 4) is 0 Å². The average molecular weight is 207 g/mol. The van der Waals surface area contributed by atoms with E-state index in [4.69, 9.17) is 29.4 Å². The maximum Gasteiger partial charge on any atom is 0.368 e. The number of carbonyl (C=O) groups excluding carboxylic acids is 2. The largest absolute Gasteiger partial charge is 0.476 e. The molecule has 0 aromatic rings. The molecular formula is C4H4NiO6. The van der Waals surface area contributed by atoms with Gasteiger partial charge in [-0.2, -0.15) is 0 Å². The van der Waals surface area contributed by atoms with Crippen LogP contribution in [0, 0.1) is 0 Å². The van der Waals surface area contributed by atoms with Crippen molar-refractivity contribution >= 4 is 24.5 Å². The van der Waals surface area contributed by atoms with E-state index >= 15 is 0 Å². The second kappa shape index (κ2) is 11.6. The summed E-state index contributed by atoms with van der Waals surface area (Å²) >= 11 is 0. The smallest absolute Gasteiger partial charge is 0.368 e. The summed E-state index contributed by atoms with van der Waals surface area (Å²) in [5.41, 5.74) is 0. The number of carboxylic acid groups (broad SMARTS) is 2. The molecule has 0 heterocycles. The van der Waals surface area contributed by atoms with Crippen LogP contribution in [0.5, 0.6) is 0 Å². The molecule has 0 saturated heterocycles. The first-order valence-corrected chi connectivity index (χ1v) is 1.90. The Morgan fingerprint density at radius 3 is 1.00 bits per heavy atom. The second-order valence-corrected chi connectivity index (χ2v) is 0.912. The van der Waals surface area contributed by atoms with E-state index in [1.54, 1.807) is 0 Å². The third-order valence-corrected chi connectivity index (χ3v) is 0.202. The van der Waals surface area contributed by atoms with Crippen LogP contribution in [0.2, 0.25) is 0 Å². The van der Waals surface area contributed by atoms with Crippen LogP contribution in [0.25, 0.3) is 0 Å². The molecule has 0 aromatic carbocycles. The van der Waals surface area contributed by atoms with Gasteiger partial charge in [-0.3, -0.25) is 9.59 Å². The minimum absolute atomic E-state index is 0. The zero-order chi connectivity index (χ0) is 8.57. The molecule has 7 heteroatoms. The van der Waals surface area contributed by atoms with E-state index in [1.807, 2.05) is 0 Å². The zero-order valence-electron chi connectivity index (χ0n) is 5.00. The minimum atomic E-state index is -1.43. The van der Waals surface area contributed by atoms with Crippen molar-refractivity contribution in [1.29, 1.82) is 0 Å². The van der Waals surface area contributed by atoms with Gasteiger partial charge in [0.15, 0.2) is 0 Å². The molecule has 0 aliphatic rings. The van der Waals surface area contributed by atoms with Gasteiger partial charge in [0.2, 0.25) is 12.6 Å². The van der Waals surface area contributed by atoms with Gasteiger partial charge in [-0.05, 0) is 0 Å². The van der Waals surface area contributed by atoms with Gasteiger partial charge in [-0.15, -0.1) is 0 Å². The number of aldehydes is 2. The van der Waals surface area contributed by atoms with Crippen molar-refractivity contribution < 1.29 is 45.9 Å². The molecule has 0 bridgehead atoms. The van der Waals surface area contributed by atoms with E-state index in [9.17, 15) is 0 Å². The fourth-order valence-corrected chi connectivity index (χ4v) is 0. The topological polar surface area (TPSA) is 109 Å². The Morgan fingerprint density at radius 2 is 1.00 bits per heavy atom. The minimum Gasteiger partial charge on any atom is -0.476 e. The van der Waals surface area contributed by atoms with E-state index in [-0.39, 0.29) is 29.1 Å². The van der Waals surface area contributed by atoms with Crippen molar-refractivity contribution in [3.63, 3.8) is 0 Å². The summed E-state index contributed by atoms with van der Waals surface area (Å²) in [4.78, 5) is 35.8. The monoisotopic (exact) mass is 206 g/mol. The number of rotatable bonds is 2. The van der Waals surface area contributed by atoms with Crippen LogP contribution in [0.4, 0.5) is 0 Å². The van der Waals surface area contributed by atoms with Crippen LogP contribution in [0.1, 0.15) is 0 Å². The average Bonchev–Trinajstić information content (AvgIpc) is 1.89. The standard InChI is InChI=1S/2C2H2O3.Ni/c2*3-1-2(4)5;/h2*1H,(H,4,5);. The molecule has 0 fully saturated rings. The Bertz CT molecular complexity index is 135. The summed E-state index contributed by atoms with van der Waals surface area (Å²) in [7, 11) is 0. The first-order valence-electron chi connectivity index (χ1n) is 1.90. The fourth-order valence-electron chi connectivity index (χ4n) is 0. The second-order valence-electron chi connectivity index (χ2n) is 0.912.